The van der Waals surface area contributed by atoms with E-state index in [0.717, 1.165) is 18.4 Å². The van der Waals surface area contributed by atoms with Crippen molar-refractivity contribution in [3.8, 4) is 0 Å². The number of hydrogen-bond acceptors (Lipinski definition) is 1. The highest BCUT2D eigenvalue weighted by atomic mass is 16.3. The van der Waals surface area contributed by atoms with Gasteiger partial charge < -0.3 is 5.11 Å². The highest BCUT2D eigenvalue weighted by molar-refractivity contribution is 5.33. The molecular weight excluding hydrogens is 208 g/mol. The van der Waals surface area contributed by atoms with E-state index in [-0.39, 0.29) is 0 Å². The first kappa shape index (κ1) is 12.4. The lowest BCUT2D eigenvalue weighted by molar-refractivity contribution is 0.208. The molecule has 0 radical (unpaired) electrons. The summed E-state index contributed by atoms with van der Waals surface area (Å²) in [5.41, 5.74) is 3.47. The van der Waals surface area contributed by atoms with E-state index < -0.39 is 6.10 Å². The fraction of sp³-hybridized carbons (Fsp3) is 0.500. The monoisotopic (exact) mass is 230 g/mol. The Bertz CT molecular complexity index is 392. The Morgan fingerprint density at radius 3 is 2.65 bits per heavy atom. The molecule has 0 spiro atoms. The lowest BCUT2D eigenvalue weighted by atomic mass is 9.91. The van der Waals surface area contributed by atoms with E-state index in [0.29, 0.717) is 0 Å². The Morgan fingerprint density at radius 2 is 1.82 bits per heavy atom. The molecule has 0 amide bonds. The predicted octanol–water partition coefficient (Wildman–Crippen LogP) is 4.31. The second kappa shape index (κ2) is 6.02. The molecule has 1 atom stereocenters. The van der Waals surface area contributed by atoms with Gasteiger partial charge in [0.05, 0.1) is 0 Å². The Balaban J connectivity index is 2.18. The number of aliphatic hydroxyl groups is 1. The maximum Gasteiger partial charge on any atom is 0.100 e. The molecule has 0 bridgehead atoms. The van der Waals surface area contributed by atoms with Crippen LogP contribution in [0.1, 0.15) is 55.8 Å². The minimum atomic E-state index is -0.394. The van der Waals surface area contributed by atoms with Crippen LogP contribution in [0.3, 0.4) is 0 Å². The zero-order valence-electron chi connectivity index (χ0n) is 10.7. The number of hydrogen-bond donors (Lipinski definition) is 1. The molecule has 1 aromatic rings. The topological polar surface area (TPSA) is 20.2 Å². The molecule has 2 rings (SSSR count). The number of aliphatic hydroxyl groups excluding tert-OH is 1. The fourth-order valence-electron chi connectivity index (χ4n) is 2.56. The molecule has 0 saturated heterocycles. The third-order valence-corrected chi connectivity index (χ3v) is 3.66. The van der Waals surface area contributed by atoms with Crippen LogP contribution in [0, 0.1) is 6.92 Å². The molecule has 0 fully saturated rings. The molecule has 1 nitrogen and oxygen atoms in total. The van der Waals surface area contributed by atoms with E-state index in [1.165, 1.54) is 36.8 Å². The average Bonchev–Trinajstić information content (AvgIpc) is 2.28. The second-order valence-corrected chi connectivity index (χ2v) is 4.99. The van der Waals surface area contributed by atoms with Gasteiger partial charge in [-0.1, -0.05) is 43.2 Å². The Morgan fingerprint density at radius 1 is 1.06 bits per heavy atom. The summed E-state index contributed by atoms with van der Waals surface area (Å²) < 4.78 is 0. The van der Waals surface area contributed by atoms with Crippen molar-refractivity contribution in [3.63, 3.8) is 0 Å². The van der Waals surface area contributed by atoms with Crippen LogP contribution < -0.4 is 0 Å². The number of aryl methyl sites for hydroxylation is 1. The quantitative estimate of drug-likeness (QED) is 0.751. The van der Waals surface area contributed by atoms with Gasteiger partial charge in [0, 0.05) is 0 Å². The first-order valence-corrected chi connectivity index (χ1v) is 6.71. The summed E-state index contributed by atoms with van der Waals surface area (Å²) in [6, 6.07) is 8.15. The van der Waals surface area contributed by atoms with E-state index in [2.05, 4.69) is 19.1 Å². The van der Waals surface area contributed by atoms with Crippen LogP contribution in [0.4, 0.5) is 0 Å². The van der Waals surface area contributed by atoms with E-state index in [1.54, 1.807) is 0 Å². The largest absolute Gasteiger partial charge is 0.384 e. The molecule has 0 aromatic heterocycles. The molecule has 92 valence electrons. The fourth-order valence-corrected chi connectivity index (χ4v) is 2.56. The standard InChI is InChI=1S/C16H22O/c1-13-9-7-8-12-15(13)16(17)14-10-5-3-2-4-6-11-14/h7-10,12,16-17H,2-6,11H2,1H3/b14-10+. The molecule has 1 aliphatic rings. The van der Waals surface area contributed by atoms with Crippen LogP contribution >= 0.6 is 0 Å². The van der Waals surface area contributed by atoms with Gasteiger partial charge >= 0.3 is 0 Å². The van der Waals surface area contributed by atoms with Crippen molar-refractivity contribution in [1.29, 1.82) is 0 Å². The maximum absolute atomic E-state index is 10.5. The molecule has 0 heterocycles. The minimum absolute atomic E-state index is 0.394. The van der Waals surface area contributed by atoms with E-state index in [9.17, 15) is 5.11 Å². The van der Waals surface area contributed by atoms with E-state index in [4.69, 9.17) is 0 Å². The first-order valence-electron chi connectivity index (χ1n) is 6.71. The number of rotatable bonds is 2. The lowest BCUT2D eigenvalue weighted by Gasteiger charge is -2.19. The van der Waals surface area contributed by atoms with Crippen LogP contribution in [-0.2, 0) is 0 Å². The predicted molar refractivity (Wildman–Crippen MR) is 71.9 cm³/mol. The van der Waals surface area contributed by atoms with Gasteiger partial charge in [0.25, 0.3) is 0 Å². The molecule has 1 N–H and O–H groups in total. The average molecular weight is 230 g/mol. The van der Waals surface area contributed by atoms with Gasteiger partial charge in [0.1, 0.15) is 6.10 Å². The van der Waals surface area contributed by atoms with Crippen molar-refractivity contribution in [3.05, 3.63) is 47.0 Å². The number of allylic oxidation sites excluding steroid dienone is 1. The van der Waals surface area contributed by atoms with Crippen molar-refractivity contribution in [1.82, 2.24) is 0 Å². The van der Waals surface area contributed by atoms with Crippen molar-refractivity contribution >= 4 is 0 Å². The lowest BCUT2D eigenvalue weighted by Crippen LogP contribution is -2.05. The number of benzene rings is 1. The van der Waals surface area contributed by atoms with Crippen LogP contribution in [0.25, 0.3) is 0 Å². The van der Waals surface area contributed by atoms with Crippen LogP contribution in [0.15, 0.2) is 35.9 Å². The van der Waals surface area contributed by atoms with Crippen molar-refractivity contribution in [2.45, 2.75) is 51.6 Å². The van der Waals surface area contributed by atoms with Crippen LogP contribution in [0.5, 0.6) is 0 Å². The molecule has 0 aliphatic heterocycles. The second-order valence-electron chi connectivity index (χ2n) is 4.99. The van der Waals surface area contributed by atoms with E-state index >= 15 is 0 Å². The van der Waals surface area contributed by atoms with E-state index in [1.807, 2.05) is 18.2 Å². The van der Waals surface area contributed by atoms with Gasteiger partial charge in [0.15, 0.2) is 0 Å². The van der Waals surface area contributed by atoms with Crippen molar-refractivity contribution in [2.24, 2.45) is 0 Å². The third kappa shape index (κ3) is 3.19. The Hall–Kier alpha value is -1.08. The molecule has 1 unspecified atom stereocenters. The highest BCUT2D eigenvalue weighted by Crippen LogP contribution is 2.30. The first-order chi connectivity index (χ1) is 8.29. The zero-order valence-corrected chi connectivity index (χ0v) is 10.7. The smallest absolute Gasteiger partial charge is 0.100 e. The summed E-state index contributed by atoms with van der Waals surface area (Å²) >= 11 is 0. The van der Waals surface area contributed by atoms with Gasteiger partial charge in [-0.25, -0.2) is 0 Å². The van der Waals surface area contributed by atoms with Crippen molar-refractivity contribution in [2.75, 3.05) is 0 Å². The zero-order chi connectivity index (χ0) is 12.1. The van der Waals surface area contributed by atoms with Crippen molar-refractivity contribution < 1.29 is 5.11 Å². The summed E-state index contributed by atoms with van der Waals surface area (Å²) in [5, 5.41) is 10.5. The Kier molecular flexibility index (Phi) is 4.38. The molecule has 0 saturated carbocycles. The Labute approximate surface area is 104 Å². The molecular formula is C16H22O. The van der Waals surface area contributed by atoms with Crippen LogP contribution in [-0.4, -0.2) is 5.11 Å². The third-order valence-electron chi connectivity index (χ3n) is 3.66. The summed E-state index contributed by atoms with van der Waals surface area (Å²) in [6.07, 6.45) is 9.17. The summed E-state index contributed by atoms with van der Waals surface area (Å²) in [7, 11) is 0. The highest BCUT2D eigenvalue weighted by Gasteiger charge is 2.15. The maximum atomic E-state index is 10.5. The normalized spacial score (nSPS) is 22.1. The summed E-state index contributed by atoms with van der Waals surface area (Å²) in [5.74, 6) is 0. The molecule has 1 aromatic carbocycles. The van der Waals surface area contributed by atoms with Crippen LogP contribution in [0.2, 0.25) is 0 Å². The van der Waals surface area contributed by atoms with Gasteiger partial charge in [-0.3, -0.25) is 0 Å². The van der Waals surface area contributed by atoms with Gasteiger partial charge in [-0.2, -0.15) is 0 Å². The summed E-state index contributed by atoms with van der Waals surface area (Å²) in [4.78, 5) is 0. The molecule has 17 heavy (non-hydrogen) atoms. The summed E-state index contributed by atoms with van der Waals surface area (Å²) in [6.45, 7) is 2.07. The van der Waals surface area contributed by atoms with Gasteiger partial charge in [-0.05, 0) is 49.3 Å². The molecule has 1 heteroatoms. The molecule has 1 aliphatic carbocycles. The minimum Gasteiger partial charge on any atom is -0.384 e. The SMILES string of the molecule is Cc1ccccc1C(O)/C1=C/CCCCCC1. The van der Waals surface area contributed by atoms with Gasteiger partial charge in [-0.15, -0.1) is 0 Å². The van der Waals surface area contributed by atoms with Gasteiger partial charge in [0.2, 0.25) is 0 Å².